The number of rotatable bonds is 8. The lowest BCUT2D eigenvalue weighted by Gasteiger charge is -2.67. The highest BCUT2D eigenvalue weighted by Gasteiger charge is 2.78. The highest BCUT2D eigenvalue weighted by atomic mass is 16.6. The molecule has 1 saturated heterocycles. The van der Waals surface area contributed by atoms with Crippen molar-refractivity contribution in [1.29, 1.82) is 0 Å². The van der Waals surface area contributed by atoms with Crippen LogP contribution in [0.1, 0.15) is 79.3 Å². The topological polar surface area (TPSA) is 183 Å². The van der Waals surface area contributed by atoms with Gasteiger partial charge in [-0.1, -0.05) is 86.6 Å². The van der Waals surface area contributed by atoms with E-state index in [2.05, 4.69) is 0 Å². The summed E-state index contributed by atoms with van der Waals surface area (Å²) >= 11 is 0. The fourth-order valence-corrected chi connectivity index (χ4v) is 9.56. The second-order valence-electron chi connectivity index (χ2n) is 16.2. The van der Waals surface area contributed by atoms with E-state index in [9.17, 15) is 34.5 Å². The van der Waals surface area contributed by atoms with Crippen LogP contribution in [0.3, 0.4) is 0 Å². The van der Waals surface area contributed by atoms with Crippen molar-refractivity contribution in [3.05, 3.63) is 124 Å². The summed E-state index contributed by atoms with van der Waals surface area (Å²) < 4.78 is 24.2. The molecule has 0 spiro atoms. The number of ether oxygens (including phenoxy) is 4. The summed E-state index contributed by atoms with van der Waals surface area (Å²) in [5.74, 6) is -4.97. The van der Waals surface area contributed by atoms with Crippen LogP contribution in [0.4, 0.5) is 0 Å². The molecular weight excluding hydrogens is 732 g/mol. The van der Waals surface area contributed by atoms with Gasteiger partial charge in [0, 0.05) is 42.4 Å². The van der Waals surface area contributed by atoms with E-state index in [1.165, 1.54) is 32.1 Å². The van der Waals surface area contributed by atoms with Crippen molar-refractivity contribution < 1.29 is 58.2 Å². The van der Waals surface area contributed by atoms with Crippen LogP contribution in [0.2, 0.25) is 0 Å². The molecule has 12 nitrogen and oxygen atoms in total. The normalized spacial score (nSPS) is 32.8. The van der Waals surface area contributed by atoms with E-state index in [0.29, 0.717) is 16.7 Å². The van der Waals surface area contributed by atoms with Crippen molar-refractivity contribution in [2.75, 3.05) is 6.61 Å². The Balaban J connectivity index is 1.31. The van der Waals surface area contributed by atoms with Crippen molar-refractivity contribution in [3.63, 3.8) is 0 Å². The molecule has 0 radical (unpaired) electrons. The van der Waals surface area contributed by atoms with E-state index in [4.69, 9.17) is 18.9 Å². The smallest absolute Gasteiger partial charge is 0.338 e. The minimum absolute atomic E-state index is 0.0837. The van der Waals surface area contributed by atoms with Crippen LogP contribution >= 0.6 is 0 Å². The Labute approximate surface area is 330 Å². The molecule has 0 amide bonds. The lowest BCUT2D eigenvalue weighted by Crippen LogP contribution is -2.81. The number of carbonyl (C=O) groups excluding carboxylic acids is 5. The Hall–Kier alpha value is -5.27. The van der Waals surface area contributed by atoms with Gasteiger partial charge in [-0.25, -0.2) is 9.59 Å². The Morgan fingerprint density at radius 3 is 2.02 bits per heavy atom. The van der Waals surface area contributed by atoms with Crippen molar-refractivity contribution in [2.24, 2.45) is 16.7 Å². The first-order chi connectivity index (χ1) is 27.0. The van der Waals surface area contributed by atoms with Gasteiger partial charge >= 0.3 is 17.9 Å². The predicted octanol–water partition coefficient (Wildman–Crippen LogP) is 4.58. The SMILES string of the molecule is CC(=O)O[C@@]12CO[C@@H]1C[C@H](O)[C@@]1(C)C(=O)[C@H](OC(=O)/C=C/c3ccc(C(=O)c4ccccc4)cc3)C3=C(C)[C@@H](O)C[C@@](O)([C@@H](OC(=O)c4ccccc4)[C@H]21)C3(C)C. The average molecular weight is 779 g/mol. The molecule has 3 aliphatic carbocycles. The first-order valence-corrected chi connectivity index (χ1v) is 19.0. The zero-order chi connectivity index (χ0) is 41.1. The molecule has 3 fully saturated rings. The molecule has 3 N–H and O–H groups in total. The van der Waals surface area contributed by atoms with Gasteiger partial charge in [0.05, 0.1) is 35.7 Å². The fraction of sp³-hybridized carbons (Fsp3) is 0.400. The molecule has 2 saturated carbocycles. The third-order valence-electron chi connectivity index (χ3n) is 12.8. The van der Waals surface area contributed by atoms with E-state index in [1.54, 1.807) is 87.5 Å². The quantitative estimate of drug-likeness (QED) is 0.0954. The number of Topliss-reactive ketones (excluding diaryl/α,β-unsaturated/α-hetero) is 1. The molecule has 3 aromatic carbocycles. The van der Waals surface area contributed by atoms with E-state index in [1.807, 2.05) is 6.07 Å². The number of fused-ring (bicyclic) bond motifs is 5. The van der Waals surface area contributed by atoms with Crippen LogP contribution in [0.5, 0.6) is 0 Å². The molecule has 4 aliphatic rings. The van der Waals surface area contributed by atoms with Crippen LogP contribution in [0.25, 0.3) is 6.08 Å². The standard InChI is InChI=1S/C45H46O12/c1-25-31(47)23-45(53)40(56-41(52)30-14-10-7-11-15-30)38-43(5,32(48)22-33-44(38,24-54-33)57-26(2)46)39(51)37(35(25)42(45,3)4)55-34(49)21-18-27-16-19-29(20-17-27)36(50)28-12-8-6-9-13-28/h6-21,31-33,37-38,40,47-48,53H,22-24H2,1-5H3/b21-18+/t31-,32-,33+,37+,38-,40-,43+,44-,45+/m0/s1. The zero-order valence-electron chi connectivity index (χ0n) is 32.3. The summed E-state index contributed by atoms with van der Waals surface area (Å²) in [4.78, 5) is 68.9. The zero-order valence-corrected chi connectivity index (χ0v) is 32.3. The maximum Gasteiger partial charge on any atom is 0.338 e. The summed E-state index contributed by atoms with van der Waals surface area (Å²) in [7, 11) is 0. The Morgan fingerprint density at radius 1 is 0.842 bits per heavy atom. The van der Waals surface area contributed by atoms with Crippen LogP contribution < -0.4 is 0 Å². The van der Waals surface area contributed by atoms with Gasteiger partial charge < -0.3 is 34.3 Å². The fourth-order valence-electron chi connectivity index (χ4n) is 9.56. The molecule has 0 aromatic heterocycles. The first-order valence-electron chi connectivity index (χ1n) is 19.0. The van der Waals surface area contributed by atoms with E-state index < -0.39 is 82.2 Å². The van der Waals surface area contributed by atoms with Gasteiger partial charge in [-0.05, 0) is 48.8 Å². The third kappa shape index (κ3) is 6.44. The van der Waals surface area contributed by atoms with Gasteiger partial charge in [-0.3, -0.25) is 14.4 Å². The number of ketones is 2. The van der Waals surface area contributed by atoms with Gasteiger partial charge in [0.2, 0.25) is 0 Å². The summed E-state index contributed by atoms with van der Waals surface area (Å²) in [6.45, 7) is 7.16. The highest BCUT2D eigenvalue weighted by molar-refractivity contribution is 6.09. The Bertz CT molecular complexity index is 2160. The van der Waals surface area contributed by atoms with Gasteiger partial charge in [0.25, 0.3) is 0 Å². The number of carbonyl (C=O) groups is 5. The van der Waals surface area contributed by atoms with E-state index in [-0.39, 0.29) is 41.9 Å². The van der Waals surface area contributed by atoms with Gasteiger partial charge in [0.15, 0.2) is 23.3 Å². The summed E-state index contributed by atoms with van der Waals surface area (Å²) in [6, 6.07) is 23.4. The van der Waals surface area contributed by atoms with Crippen molar-refractivity contribution in [1.82, 2.24) is 0 Å². The Kier molecular flexibility index (Phi) is 10.2. The number of aliphatic hydroxyl groups is 3. The number of esters is 3. The minimum atomic E-state index is -2.21. The van der Waals surface area contributed by atoms with Crippen LogP contribution in [-0.4, -0.2) is 93.1 Å². The molecule has 1 aliphatic heterocycles. The number of hydrogen-bond acceptors (Lipinski definition) is 12. The number of hydrogen-bond donors (Lipinski definition) is 3. The summed E-state index contributed by atoms with van der Waals surface area (Å²) in [5, 5.41) is 36.8. The molecular formula is C45H46O12. The van der Waals surface area contributed by atoms with Crippen molar-refractivity contribution in [3.8, 4) is 0 Å². The van der Waals surface area contributed by atoms with Crippen LogP contribution in [0, 0.1) is 16.7 Å². The van der Waals surface area contributed by atoms with E-state index in [0.717, 1.165) is 6.08 Å². The molecule has 12 heteroatoms. The average Bonchev–Trinajstić information content (AvgIpc) is 3.19. The maximum atomic E-state index is 15.4. The van der Waals surface area contributed by atoms with Gasteiger partial charge in [0.1, 0.15) is 17.8 Å². The molecule has 9 atom stereocenters. The number of aliphatic hydroxyl groups excluding tert-OH is 2. The van der Waals surface area contributed by atoms with Gasteiger partial charge in [-0.15, -0.1) is 0 Å². The monoisotopic (exact) mass is 778 g/mol. The Morgan fingerprint density at radius 2 is 1.44 bits per heavy atom. The lowest BCUT2D eigenvalue weighted by atomic mass is 9.44. The lowest BCUT2D eigenvalue weighted by molar-refractivity contribution is -0.345. The second-order valence-corrected chi connectivity index (χ2v) is 16.2. The largest absolute Gasteiger partial charge is 0.455 e. The molecule has 3 aromatic rings. The predicted molar refractivity (Wildman–Crippen MR) is 204 cm³/mol. The summed E-state index contributed by atoms with van der Waals surface area (Å²) in [5.41, 5.74) is -5.43. The number of benzene rings is 3. The second kappa shape index (κ2) is 14.6. The van der Waals surface area contributed by atoms with Crippen molar-refractivity contribution >= 4 is 35.6 Å². The van der Waals surface area contributed by atoms with Crippen LogP contribution in [0.15, 0.2) is 102 Å². The highest BCUT2D eigenvalue weighted by Crippen LogP contribution is 2.64. The minimum Gasteiger partial charge on any atom is -0.455 e. The molecule has 1 heterocycles. The van der Waals surface area contributed by atoms with Gasteiger partial charge in [-0.2, -0.15) is 0 Å². The molecule has 0 unspecified atom stereocenters. The molecule has 57 heavy (non-hydrogen) atoms. The third-order valence-corrected chi connectivity index (χ3v) is 12.8. The molecule has 7 rings (SSSR count). The molecule has 2 bridgehead atoms. The van der Waals surface area contributed by atoms with E-state index >= 15 is 4.79 Å². The summed E-state index contributed by atoms with van der Waals surface area (Å²) in [6.07, 6.45) is -5.29. The maximum absolute atomic E-state index is 15.4. The van der Waals surface area contributed by atoms with Crippen molar-refractivity contribution in [2.45, 2.75) is 89.2 Å². The van der Waals surface area contributed by atoms with Crippen LogP contribution in [-0.2, 0) is 33.3 Å². The first kappa shape index (κ1) is 39.9. The molecule has 298 valence electrons.